The van der Waals surface area contributed by atoms with Crippen LogP contribution in [0.1, 0.15) is 24.0 Å². The van der Waals surface area contributed by atoms with Crippen LogP contribution in [0.15, 0.2) is 21.7 Å². The molecule has 166 valence electrons. The highest BCUT2D eigenvalue weighted by Crippen LogP contribution is 2.23. The van der Waals surface area contributed by atoms with Gasteiger partial charge in [0.05, 0.1) is 11.0 Å². The summed E-state index contributed by atoms with van der Waals surface area (Å²) in [5.74, 6) is -3.02. The van der Waals surface area contributed by atoms with Gasteiger partial charge in [-0.15, -0.1) is 0 Å². The highest BCUT2D eigenvalue weighted by Gasteiger charge is 2.27. The lowest BCUT2D eigenvalue weighted by Gasteiger charge is -2.18. The Labute approximate surface area is 175 Å². The summed E-state index contributed by atoms with van der Waals surface area (Å²) in [5, 5.41) is 11.9. The number of carboxylic acid groups (broad SMARTS) is 1. The van der Waals surface area contributed by atoms with Gasteiger partial charge in [-0.2, -0.15) is 4.98 Å². The van der Waals surface area contributed by atoms with Gasteiger partial charge in [0, 0.05) is 13.1 Å². The fraction of sp³-hybridized carbons (Fsp3) is 0.450. The number of fused-ring (bicyclic) bond motifs is 2. The Morgan fingerprint density at radius 2 is 1.90 bits per heavy atom. The van der Waals surface area contributed by atoms with Gasteiger partial charge in [-0.3, -0.25) is 14.6 Å². The summed E-state index contributed by atoms with van der Waals surface area (Å²) in [6, 6.07) is 3.76. The highest BCUT2D eigenvalue weighted by atomic mass is 19.3. The second-order valence-electron chi connectivity index (χ2n) is 7.40. The van der Waals surface area contributed by atoms with Crippen molar-refractivity contribution in [2.24, 2.45) is 5.92 Å². The van der Waals surface area contributed by atoms with Crippen molar-refractivity contribution in [2.75, 3.05) is 13.1 Å². The lowest BCUT2D eigenvalue weighted by Crippen LogP contribution is -2.30. The lowest BCUT2D eigenvalue weighted by atomic mass is 10.0. The van der Waals surface area contributed by atoms with E-state index in [1.807, 2.05) is 26.0 Å². The third kappa shape index (κ3) is 4.93. The zero-order valence-electron chi connectivity index (χ0n) is 17.1. The SMILES string of the molecule is Cc1cc2nc3c(=O)[nH]c(=O)nc-3n(CCNCCCC(C(=O)O)C(F)F)c2cc1C. The number of nitrogens with zero attached hydrogens (tertiary/aromatic N) is 3. The molecule has 11 heteroatoms. The summed E-state index contributed by atoms with van der Waals surface area (Å²) >= 11 is 0. The molecule has 0 fully saturated rings. The Balaban J connectivity index is 1.80. The van der Waals surface area contributed by atoms with Crippen LogP contribution in [0.2, 0.25) is 0 Å². The first-order valence-corrected chi connectivity index (χ1v) is 9.82. The Bertz CT molecular complexity index is 1190. The second kappa shape index (κ2) is 9.29. The average Bonchev–Trinajstić information content (AvgIpc) is 2.68. The second-order valence-corrected chi connectivity index (χ2v) is 7.40. The Morgan fingerprint density at radius 1 is 1.19 bits per heavy atom. The molecule has 2 aliphatic rings. The van der Waals surface area contributed by atoms with Crippen LogP contribution in [-0.4, -0.2) is 50.1 Å². The van der Waals surface area contributed by atoms with Crippen molar-refractivity contribution in [3.63, 3.8) is 0 Å². The van der Waals surface area contributed by atoms with Crippen molar-refractivity contribution in [3.8, 4) is 11.5 Å². The van der Waals surface area contributed by atoms with Crippen LogP contribution in [0.25, 0.3) is 22.6 Å². The average molecular weight is 435 g/mol. The molecule has 3 N–H and O–H groups in total. The summed E-state index contributed by atoms with van der Waals surface area (Å²) in [7, 11) is 0. The first-order valence-electron chi connectivity index (χ1n) is 9.82. The predicted molar refractivity (Wildman–Crippen MR) is 110 cm³/mol. The Morgan fingerprint density at radius 3 is 2.58 bits per heavy atom. The smallest absolute Gasteiger partial charge is 0.349 e. The van der Waals surface area contributed by atoms with Gasteiger partial charge in [0.25, 0.3) is 12.0 Å². The summed E-state index contributed by atoms with van der Waals surface area (Å²) in [4.78, 5) is 45.3. The maximum atomic E-state index is 12.7. The number of carboxylic acids is 1. The Hall–Kier alpha value is -3.21. The number of hydrogen-bond acceptors (Lipinski definition) is 6. The van der Waals surface area contributed by atoms with Crippen LogP contribution in [0, 0.1) is 19.8 Å². The topological polar surface area (TPSA) is 130 Å². The molecule has 0 spiro atoms. The normalized spacial score (nSPS) is 12.7. The zero-order chi connectivity index (χ0) is 22.7. The number of aromatic amines is 1. The number of halogens is 2. The standard InChI is InChI=1S/C20H23F2N5O4/c1-10-8-13-14(9-11(10)2)27(17-15(24-13)18(28)26-20(31)25-17)7-6-23-5-3-4-12(16(21)22)19(29)30/h8-9,12,16,23H,3-7H2,1-2H3,(H,29,30)(H,26,28,31). The Kier molecular flexibility index (Phi) is 6.74. The van der Waals surface area contributed by atoms with E-state index in [-0.39, 0.29) is 24.4 Å². The van der Waals surface area contributed by atoms with Crippen LogP contribution < -0.4 is 16.6 Å². The van der Waals surface area contributed by atoms with Crippen LogP contribution in [-0.2, 0) is 11.3 Å². The number of aliphatic carboxylic acids is 1. The van der Waals surface area contributed by atoms with Crippen molar-refractivity contribution in [1.82, 2.24) is 24.8 Å². The first kappa shape index (κ1) is 22.5. The van der Waals surface area contributed by atoms with Gasteiger partial charge in [-0.1, -0.05) is 0 Å². The number of aryl methyl sites for hydroxylation is 2. The van der Waals surface area contributed by atoms with Crippen molar-refractivity contribution in [1.29, 1.82) is 0 Å². The fourth-order valence-electron chi connectivity index (χ4n) is 3.40. The monoisotopic (exact) mass is 435 g/mol. The van der Waals surface area contributed by atoms with Crippen LogP contribution in [0.5, 0.6) is 0 Å². The molecule has 9 nitrogen and oxygen atoms in total. The summed E-state index contributed by atoms with van der Waals surface area (Å²) < 4.78 is 27.1. The van der Waals surface area contributed by atoms with E-state index in [0.29, 0.717) is 30.7 Å². The molecule has 1 unspecified atom stereocenters. The minimum Gasteiger partial charge on any atom is -0.481 e. The van der Waals surface area contributed by atoms with E-state index in [1.165, 1.54) is 0 Å². The third-order valence-corrected chi connectivity index (χ3v) is 5.23. The van der Waals surface area contributed by atoms with Gasteiger partial charge in [-0.25, -0.2) is 18.6 Å². The van der Waals surface area contributed by atoms with E-state index >= 15 is 0 Å². The number of nitrogens with one attached hydrogen (secondary N) is 2. The predicted octanol–water partition coefficient (Wildman–Crippen LogP) is 1.54. The quantitative estimate of drug-likeness (QED) is 0.343. The van der Waals surface area contributed by atoms with Crippen LogP contribution in [0.4, 0.5) is 8.78 Å². The van der Waals surface area contributed by atoms with E-state index in [9.17, 15) is 23.2 Å². The summed E-state index contributed by atoms with van der Waals surface area (Å²) in [6.45, 7) is 4.94. The summed E-state index contributed by atoms with van der Waals surface area (Å²) in [5.41, 5.74) is 1.97. The molecular formula is C20H23F2N5O4. The van der Waals surface area contributed by atoms with E-state index in [1.54, 1.807) is 4.57 Å². The van der Waals surface area contributed by atoms with Crippen molar-refractivity contribution < 1.29 is 18.7 Å². The first-order chi connectivity index (χ1) is 14.7. The van der Waals surface area contributed by atoms with Crippen LogP contribution in [0.3, 0.4) is 0 Å². The summed E-state index contributed by atoms with van der Waals surface area (Å²) in [6.07, 6.45) is -2.77. The number of carbonyl (C=O) groups is 1. The molecule has 0 aliphatic carbocycles. The highest BCUT2D eigenvalue weighted by molar-refractivity contribution is 5.81. The fourth-order valence-corrected chi connectivity index (χ4v) is 3.40. The number of aromatic nitrogens is 4. The molecular weight excluding hydrogens is 412 g/mol. The number of alkyl halides is 2. The molecule has 0 amide bonds. The van der Waals surface area contributed by atoms with E-state index in [4.69, 9.17) is 5.11 Å². The van der Waals surface area contributed by atoms with E-state index in [2.05, 4.69) is 20.3 Å². The number of hydrogen-bond donors (Lipinski definition) is 3. The molecule has 31 heavy (non-hydrogen) atoms. The van der Waals surface area contributed by atoms with Gasteiger partial charge >= 0.3 is 11.7 Å². The maximum Gasteiger partial charge on any atom is 0.349 e. The molecule has 0 saturated heterocycles. The molecule has 0 bridgehead atoms. The van der Waals surface area contributed by atoms with Gasteiger partial charge in [-0.05, 0) is 56.5 Å². The lowest BCUT2D eigenvalue weighted by molar-refractivity contribution is -0.147. The van der Waals surface area contributed by atoms with Crippen molar-refractivity contribution in [3.05, 3.63) is 44.1 Å². The molecule has 0 saturated carbocycles. The van der Waals surface area contributed by atoms with Crippen molar-refractivity contribution >= 4 is 17.0 Å². The molecule has 1 aromatic carbocycles. The van der Waals surface area contributed by atoms with Gasteiger partial charge in [0.1, 0.15) is 5.92 Å². The molecule has 3 rings (SSSR count). The van der Waals surface area contributed by atoms with Crippen LogP contribution >= 0.6 is 0 Å². The molecule has 0 aromatic heterocycles. The third-order valence-electron chi connectivity index (χ3n) is 5.23. The minimum absolute atomic E-state index is 0.0524. The number of rotatable bonds is 9. The van der Waals surface area contributed by atoms with Gasteiger partial charge in [0.15, 0.2) is 11.5 Å². The molecule has 1 aromatic rings. The van der Waals surface area contributed by atoms with Gasteiger partial charge in [0.2, 0.25) is 0 Å². The number of benzene rings is 1. The zero-order valence-corrected chi connectivity index (χ0v) is 17.1. The maximum absolute atomic E-state index is 12.7. The largest absolute Gasteiger partial charge is 0.481 e. The van der Waals surface area contributed by atoms with E-state index < -0.39 is 29.6 Å². The minimum atomic E-state index is -2.90. The molecule has 2 heterocycles. The number of H-pyrrole nitrogens is 1. The molecule has 1 atom stereocenters. The molecule has 0 radical (unpaired) electrons. The van der Waals surface area contributed by atoms with Gasteiger partial charge < -0.3 is 15.0 Å². The molecule has 2 aliphatic heterocycles. The van der Waals surface area contributed by atoms with E-state index in [0.717, 1.165) is 11.1 Å². The van der Waals surface area contributed by atoms with Crippen molar-refractivity contribution in [2.45, 2.75) is 39.7 Å².